The maximum absolute atomic E-state index is 12.3. The van der Waals surface area contributed by atoms with Crippen molar-refractivity contribution >= 4 is 11.8 Å². The van der Waals surface area contributed by atoms with Gasteiger partial charge >= 0.3 is 0 Å². The van der Waals surface area contributed by atoms with Crippen molar-refractivity contribution in [1.29, 1.82) is 0 Å². The molecule has 1 aliphatic rings. The van der Waals surface area contributed by atoms with Crippen molar-refractivity contribution in [3.63, 3.8) is 0 Å². The number of carbonyl (C=O) groups is 2. The molecule has 3 aromatic rings. The first-order chi connectivity index (χ1) is 14.0. The minimum Gasteiger partial charge on any atom is -0.463 e. The molecule has 0 atom stereocenters. The lowest BCUT2D eigenvalue weighted by Gasteiger charge is -2.37. The van der Waals surface area contributed by atoms with E-state index in [9.17, 15) is 14.4 Å². The standard InChI is InChI=1S/C19H19N5O5/c1-12-9-15(22-29-12)19(27)23-10-13(11-23)18(26)20-6-7-24-17(25)5-4-14(21-24)16-3-2-8-28-16/h2-5,8-9,13H,6-7,10-11H2,1H3,(H,20,26). The van der Waals surface area contributed by atoms with Crippen molar-refractivity contribution in [2.45, 2.75) is 13.5 Å². The zero-order chi connectivity index (χ0) is 20.4. The number of likely N-dealkylation sites (tertiary alicyclic amines) is 1. The SMILES string of the molecule is Cc1cc(C(=O)N2CC(C(=O)NCCn3nc(-c4ccco4)ccc3=O)C2)no1. The summed E-state index contributed by atoms with van der Waals surface area (Å²) in [6, 6.07) is 8.06. The number of aromatic nitrogens is 3. The molecule has 0 spiro atoms. The number of carbonyl (C=O) groups excluding carboxylic acids is 2. The predicted octanol–water partition coefficient (Wildman–Crippen LogP) is 0.688. The Morgan fingerprint density at radius 1 is 1.28 bits per heavy atom. The molecule has 4 rings (SSSR count). The molecular weight excluding hydrogens is 378 g/mol. The van der Waals surface area contributed by atoms with Gasteiger partial charge in [-0.15, -0.1) is 0 Å². The highest BCUT2D eigenvalue weighted by Gasteiger charge is 2.36. The first kappa shape index (κ1) is 18.7. The molecule has 0 unspecified atom stereocenters. The summed E-state index contributed by atoms with van der Waals surface area (Å²) in [5.74, 6) is 0.413. The third-order valence-corrected chi connectivity index (χ3v) is 4.65. The summed E-state index contributed by atoms with van der Waals surface area (Å²) in [6.45, 7) is 2.83. The van der Waals surface area contributed by atoms with E-state index in [0.717, 1.165) is 0 Å². The molecular formula is C19H19N5O5. The van der Waals surface area contributed by atoms with E-state index in [-0.39, 0.29) is 42.1 Å². The molecule has 150 valence electrons. The third kappa shape index (κ3) is 3.96. The van der Waals surface area contributed by atoms with Crippen LogP contribution >= 0.6 is 0 Å². The fourth-order valence-corrected chi connectivity index (χ4v) is 3.03. The first-order valence-electron chi connectivity index (χ1n) is 9.13. The van der Waals surface area contributed by atoms with Gasteiger partial charge in [0.25, 0.3) is 11.5 Å². The zero-order valence-corrected chi connectivity index (χ0v) is 15.7. The number of furan rings is 1. The summed E-state index contributed by atoms with van der Waals surface area (Å²) in [4.78, 5) is 38.0. The van der Waals surface area contributed by atoms with Gasteiger partial charge in [-0.05, 0) is 25.1 Å². The smallest absolute Gasteiger partial charge is 0.276 e. The predicted molar refractivity (Wildman–Crippen MR) is 99.8 cm³/mol. The fraction of sp³-hybridized carbons (Fsp3) is 0.316. The van der Waals surface area contributed by atoms with E-state index in [4.69, 9.17) is 8.94 Å². The Balaban J connectivity index is 1.26. The van der Waals surface area contributed by atoms with E-state index in [1.807, 2.05) is 0 Å². The Labute approximate surface area is 165 Å². The van der Waals surface area contributed by atoms with Crippen molar-refractivity contribution in [2.24, 2.45) is 5.92 Å². The van der Waals surface area contributed by atoms with Gasteiger partial charge in [-0.25, -0.2) is 4.68 Å². The number of nitrogens with one attached hydrogen (secondary N) is 1. The fourth-order valence-electron chi connectivity index (χ4n) is 3.03. The third-order valence-electron chi connectivity index (χ3n) is 4.65. The second-order valence-electron chi connectivity index (χ2n) is 6.78. The van der Waals surface area contributed by atoms with Crippen LogP contribution in [0.2, 0.25) is 0 Å². The topological polar surface area (TPSA) is 123 Å². The van der Waals surface area contributed by atoms with Crippen LogP contribution in [0.1, 0.15) is 16.2 Å². The minimum absolute atomic E-state index is 0.166. The Bertz CT molecular complexity index is 1080. The maximum Gasteiger partial charge on any atom is 0.276 e. The van der Waals surface area contributed by atoms with Crippen LogP contribution in [0.3, 0.4) is 0 Å². The highest BCUT2D eigenvalue weighted by Crippen LogP contribution is 2.19. The largest absolute Gasteiger partial charge is 0.463 e. The highest BCUT2D eigenvalue weighted by atomic mass is 16.5. The van der Waals surface area contributed by atoms with Gasteiger partial charge in [0, 0.05) is 31.8 Å². The van der Waals surface area contributed by atoms with E-state index >= 15 is 0 Å². The molecule has 2 amide bonds. The van der Waals surface area contributed by atoms with Gasteiger partial charge in [0.15, 0.2) is 11.5 Å². The summed E-state index contributed by atoms with van der Waals surface area (Å²) in [5.41, 5.74) is 0.512. The molecule has 0 radical (unpaired) electrons. The number of nitrogens with zero attached hydrogens (tertiary/aromatic N) is 4. The van der Waals surface area contributed by atoms with Crippen LogP contribution in [0.25, 0.3) is 11.5 Å². The summed E-state index contributed by atoms with van der Waals surface area (Å²) >= 11 is 0. The first-order valence-corrected chi connectivity index (χ1v) is 9.13. The van der Waals surface area contributed by atoms with Crippen LogP contribution in [-0.4, -0.2) is 51.3 Å². The normalized spacial score (nSPS) is 13.9. The van der Waals surface area contributed by atoms with E-state index in [1.54, 1.807) is 36.1 Å². The molecule has 29 heavy (non-hydrogen) atoms. The number of hydrogen-bond donors (Lipinski definition) is 1. The van der Waals surface area contributed by atoms with Crippen LogP contribution in [0.4, 0.5) is 0 Å². The van der Waals surface area contributed by atoms with Crippen molar-refractivity contribution in [2.75, 3.05) is 19.6 Å². The van der Waals surface area contributed by atoms with E-state index < -0.39 is 0 Å². The highest BCUT2D eigenvalue weighted by molar-refractivity contribution is 5.94. The minimum atomic E-state index is -0.286. The number of amides is 2. The van der Waals surface area contributed by atoms with Gasteiger partial charge in [0.1, 0.15) is 11.5 Å². The molecule has 0 aliphatic carbocycles. The Hall–Kier alpha value is -3.69. The van der Waals surface area contributed by atoms with Gasteiger partial charge in [0.05, 0.1) is 18.7 Å². The van der Waals surface area contributed by atoms with E-state index in [2.05, 4.69) is 15.6 Å². The Morgan fingerprint density at radius 3 is 2.79 bits per heavy atom. The van der Waals surface area contributed by atoms with Gasteiger partial charge in [-0.2, -0.15) is 5.10 Å². The van der Waals surface area contributed by atoms with Gasteiger partial charge in [-0.3, -0.25) is 14.4 Å². The maximum atomic E-state index is 12.3. The number of rotatable bonds is 6. The molecule has 4 heterocycles. The van der Waals surface area contributed by atoms with Crippen LogP contribution < -0.4 is 10.9 Å². The number of hydrogen-bond acceptors (Lipinski definition) is 7. The van der Waals surface area contributed by atoms with E-state index in [0.29, 0.717) is 30.3 Å². The lowest BCUT2D eigenvalue weighted by Crippen LogP contribution is -2.56. The molecule has 1 aliphatic heterocycles. The van der Waals surface area contributed by atoms with Crippen molar-refractivity contribution in [3.05, 3.63) is 58.4 Å². The lowest BCUT2D eigenvalue weighted by atomic mass is 9.98. The lowest BCUT2D eigenvalue weighted by molar-refractivity contribution is -0.129. The van der Waals surface area contributed by atoms with Crippen LogP contribution in [-0.2, 0) is 11.3 Å². The Morgan fingerprint density at radius 2 is 2.10 bits per heavy atom. The van der Waals surface area contributed by atoms with Gasteiger partial charge in [-0.1, -0.05) is 5.16 Å². The Kier molecular flexibility index (Phi) is 4.98. The van der Waals surface area contributed by atoms with Gasteiger partial charge < -0.3 is 19.2 Å². The van der Waals surface area contributed by atoms with Gasteiger partial charge in [0.2, 0.25) is 5.91 Å². The molecule has 10 nitrogen and oxygen atoms in total. The van der Waals surface area contributed by atoms with E-state index in [1.165, 1.54) is 17.0 Å². The molecule has 1 saturated heterocycles. The van der Waals surface area contributed by atoms with Crippen LogP contribution in [0, 0.1) is 12.8 Å². The summed E-state index contributed by atoms with van der Waals surface area (Å²) < 4.78 is 11.5. The number of aryl methyl sites for hydroxylation is 1. The molecule has 0 saturated carbocycles. The molecule has 1 fully saturated rings. The molecule has 1 N–H and O–H groups in total. The van der Waals surface area contributed by atoms with Crippen LogP contribution in [0.5, 0.6) is 0 Å². The second kappa shape index (κ2) is 7.74. The molecule has 10 heteroatoms. The van der Waals surface area contributed by atoms with Crippen molar-refractivity contribution < 1.29 is 18.5 Å². The summed E-state index contributed by atoms with van der Waals surface area (Å²) in [5, 5.41) is 10.7. The van der Waals surface area contributed by atoms with Crippen molar-refractivity contribution in [3.8, 4) is 11.5 Å². The second-order valence-corrected chi connectivity index (χ2v) is 6.78. The quantitative estimate of drug-likeness (QED) is 0.649. The average molecular weight is 397 g/mol. The zero-order valence-electron chi connectivity index (χ0n) is 15.7. The van der Waals surface area contributed by atoms with Crippen molar-refractivity contribution in [1.82, 2.24) is 25.2 Å². The van der Waals surface area contributed by atoms with Crippen LogP contribution in [0.15, 0.2) is 50.3 Å². The average Bonchev–Trinajstić information content (AvgIpc) is 3.34. The summed E-state index contributed by atoms with van der Waals surface area (Å²) in [6.07, 6.45) is 1.53. The molecule has 0 bridgehead atoms. The monoisotopic (exact) mass is 397 g/mol. The molecule has 3 aromatic heterocycles. The summed E-state index contributed by atoms with van der Waals surface area (Å²) in [7, 11) is 0. The molecule has 0 aromatic carbocycles.